The van der Waals surface area contributed by atoms with Crippen molar-refractivity contribution in [2.45, 2.75) is 6.04 Å². The Kier molecular flexibility index (Phi) is 3.58. The summed E-state index contributed by atoms with van der Waals surface area (Å²) in [5.74, 6) is 0.232. The molecule has 4 heteroatoms. The van der Waals surface area contributed by atoms with Crippen LogP contribution in [0.3, 0.4) is 0 Å². The molecule has 1 aromatic rings. The van der Waals surface area contributed by atoms with Gasteiger partial charge in [0, 0.05) is 5.88 Å². The second kappa shape index (κ2) is 4.72. The van der Waals surface area contributed by atoms with Gasteiger partial charge in [-0.15, -0.1) is 11.6 Å². The number of benzene rings is 1. The van der Waals surface area contributed by atoms with Crippen LogP contribution >= 0.6 is 11.6 Å². The Hall–Kier alpha value is -1.22. The van der Waals surface area contributed by atoms with Crippen LogP contribution in [0.4, 0.5) is 4.79 Å². The highest BCUT2D eigenvalue weighted by molar-refractivity contribution is 6.18. The van der Waals surface area contributed by atoms with Gasteiger partial charge in [-0.25, -0.2) is 4.79 Å². The smallest absolute Gasteiger partial charge is 0.405 e. The highest BCUT2D eigenvalue weighted by Gasteiger charge is 2.11. The van der Waals surface area contributed by atoms with Gasteiger partial charge in [0.25, 0.3) is 0 Å². The van der Waals surface area contributed by atoms with Crippen LogP contribution in [0.15, 0.2) is 30.3 Å². The van der Waals surface area contributed by atoms with E-state index in [1.165, 1.54) is 0 Å². The van der Waals surface area contributed by atoms with E-state index in [0.29, 0.717) is 0 Å². The zero-order valence-corrected chi connectivity index (χ0v) is 7.66. The van der Waals surface area contributed by atoms with Crippen molar-refractivity contribution in [2.24, 2.45) is 0 Å². The maximum atomic E-state index is 10.4. The molecule has 0 fully saturated rings. The number of hydrogen-bond acceptors (Lipinski definition) is 1. The first-order valence-electron chi connectivity index (χ1n) is 3.84. The van der Waals surface area contributed by atoms with Crippen LogP contribution < -0.4 is 5.32 Å². The minimum absolute atomic E-state index is 0.232. The molecule has 2 N–H and O–H groups in total. The molecule has 0 spiro atoms. The fraction of sp³-hybridized carbons (Fsp3) is 0.222. The molecule has 0 radical (unpaired) electrons. The van der Waals surface area contributed by atoms with Crippen LogP contribution in [0, 0.1) is 0 Å². The second-order valence-electron chi connectivity index (χ2n) is 2.57. The normalized spacial score (nSPS) is 12.1. The van der Waals surface area contributed by atoms with Gasteiger partial charge in [0.2, 0.25) is 0 Å². The first-order valence-corrected chi connectivity index (χ1v) is 4.38. The van der Waals surface area contributed by atoms with Crippen molar-refractivity contribution in [3.8, 4) is 0 Å². The van der Waals surface area contributed by atoms with Crippen molar-refractivity contribution in [3.05, 3.63) is 35.9 Å². The molecule has 0 bridgehead atoms. The van der Waals surface area contributed by atoms with E-state index in [0.717, 1.165) is 5.56 Å². The summed E-state index contributed by atoms with van der Waals surface area (Å²) in [5, 5.41) is 10.8. The van der Waals surface area contributed by atoms with Gasteiger partial charge in [-0.3, -0.25) is 0 Å². The number of alkyl halides is 1. The van der Waals surface area contributed by atoms with Crippen molar-refractivity contribution >= 4 is 17.7 Å². The number of carboxylic acid groups (broad SMARTS) is 1. The monoisotopic (exact) mass is 199 g/mol. The SMILES string of the molecule is O=C(O)NC(CCl)c1ccccc1. The molecule has 0 aliphatic carbocycles. The molecule has 3 nitrogen and oxygen atoms in total. The number of amides is 1. The Bertz CT molecular complexity index is 276. The van der Waals surface area contributed by atoms with Gasteiger partial charge in [-0.2, -0.15) is 0 Å². The van der Waals surface area contributed by atoms with Gasteiger partial charge < -0.3 is 10.4 Å². The Labute approximate surface area is 81.3 Å². The average molecular weight is 200 g/mol. The first kappa shape index (κ1) is 9.86. The fourth-order valence-corrected chi connectivity index (χ4v) is 1.30. The molecule has 0 aromatic heterocycles. The Balaban J connectivity index is 2.73. The van der Waals surface area contributed by atoms with Crippen molar-refractivity contribution in [2.75, 3.05) is 5.88 Å². The molecule has 13 heavy (non-hydrogen) atoms. The summed E-state index contributed by atoms with van der Waals surface area (Å²) in [7, 11) is 0. The number of rotatable bonds is 3. The predicted octanol–water partition coefficient (Wildman–Crippen LogP) is 2.23. The molecule has 1 unspecified atom stereocenters. The molecule has 0 aliphatic heterocycles. The third-order valence-electron chi connectivity index (χ3n) is 1.65. The molecule has 0 saturated heterocycles. The van der Waals surface area contributed by atoms with Crippen LogP contribution in [-0.2, 0) is 0 Å². The second-order valence-corrected chi connectivity index (χ2v) is 2.88. The standard InChI is InChI=1S/C9H10ClNO2/c10-6-8(11-9(12)13)7-4-2-1-3-5-7/h1-5,8,11H,6H2,(H,12,13). The van der Waals surface area contributed by atoms with E-state index in [1.54, 1.807) is 0 Å². The number of carbonyl (C=O) groups is 1. The van der Waals surface area contributed by atoms with Crippen molar-refractivity contribution in [1.29, 1.82) is 0 Å². The summed E-state index contributed by atoms with van der Waals surface area (Å²) in [6.45, 7) is 0. The molecular formula is C9H10ClNO2. The maximum Gasteiger partial charge on any atom is 0.405 e. The zero-order valence-electron chi connectivity index (χ0n) is 6.90. The fourth-order valence-electron chi connectivity index (χ4n) is 1.05. The van der Waals surface area contributed by atoms with Gasteiger partial charge in [-0.05, 0) is 5.56 Å². The van der Waals surface area contributed by atoms with E-state index in [9.17, 15) is 4.79 Å². The van der Waals surface area contributed by atoms with Crippen LogP contribution in [0.2, 0.25) is 0 Å². The summed E-state index contributed by atoms with van der Waals surface area (Å²) in [4.78, 5) is 10.4. The minimum atomic E-state index is -1.06. The van der Waals surface area contributed by atoms with E-state index in [1.807, 2.05) is 30.3 Å². The molecule has 1 atom stereocenters. The van der Waals surface area contributed by atoms with Gasteiger partial charge in [0.1, 0.15) is 0 Å². The van der Waals surface area contributed by atoms with Crippen LogP contribution in [0.25, 0.3) is 0 Å². The lowest BCUT2D eigenvalue weighted by Crippen LogP contribution is -2.27. The van der Waals surface area contributed by atoms with Gasteiger partial charge in [-0.1, -0.05) is 30.3 Å². The minimum Gasteiger partial charge on any atom is -0.465 e. The lowest BCUT2D eigenvalue weighted by Gasteiger charge is -2.13. The molecule has 1 amide bonds. The van der Waals surface area contributed by atoms with Gasteiger partial charge >= 0.3 is 6.09 Å². The summed E-state index contributed by atoms with van der Waals surface area (Å²) in [6, 6.07) is 8.90. The molecule has 1 aromatic carbocycles. The Morgan fingerprint density at radius 3 is 2.54 bits per heavy atom. The Morgan fingerprint density at radius 1 is 1.46 bits per heavy atom. The van der Waals surface area contributed by atoms with E-state index >= 15 is 0 Å². The average Bonchev–Trinajstić information content (AvgIpc) is 2.15. The largest absolute Gasteiger partial charge is 0.465 e. The third-order valence-corrected chi connectivity index (χ3v) is 1.96. The highest BCUT2D eigenvalue weighted by Crippen LogP contribution is 2.13. The van der Waals surface area contributed by atoms with Crippen molar-refractivity contribution < 1.29 is 9.90 Å². The molecular weight excluding hydrogens is 190 g/mol. The first-order chi connectivity index (χ1) is 6.24. The molecule has 0 heterocycles. The molecule has 0 saturated carbocycles. The third kappa shape index (κ3) is 2.95. The maximum absolute atomic E-state index is 10.4. The van der Waals surface area contributed by atoms with Crippen LogP contribution in [-0.4, -0.2) is 17.1 Å². The van der Waals surface area contributed by atoms with Crippen LogP contribution in [0.1, 0.15) is 11.6 Å². The lowest BCUT2D eigenvalue weighted by atomic mass is 10.1. The summed E-state index contributed by atoms with van der Waals surface area (Å²) < 4.78 is 0. The summed E-state index contributed by atoms with van der Waals surface area (Å²) in [5.41, 5.74) is 0.875. The number of halogens is 1. The Morgan fingerprint density at radius 2 is 2.08 bits per heavy atom. The summed E-state index contributed by atoms with van der Waals surface area (Å²) >= 11 is 5.62. The molecule has 70 valence electrons. The van der Waals surface area contributed by atoms with Crippen LogP contribution in [0.5, 0.6) is 0 Å². The predicted molar refractivity (Wildman–Crippen MR) is 51.1 cm³/mol. The van der Waals surface area contributed by atoms with E-state index in [4.69, 9.17) is 16.7 Å². The number of hydrogen-bond donors (Lipinski definition) is 2. The van der Waals surface area contributed by atoms with Gasteiger partial charge in [0.05, 0.1) is 6.04 Å². The zero-order chi connectivity index (χ0) is 9.68. The van der Waals surface area contributed by atoms with E-state index < -0.39 is 6.09 Å². The van der Waals surface area contributed by atoms with Gasteiger partial charge in [0.15, 0.2) is 0 Å². The topological polar surface area (TPSA) is 49.3 Å². The lowest BCUT2D eigenvalue weighted by molar-refractivity contribution is 0.191. The van der Waals surface area contributed by atoms with E-state index in [-0.39, 0.29) is 11.9 Å². The summed E-state index contributed by atoms with van der Waals surface area (Å²) in [6.07, 6.45) is -1.06. The quantitative estimate of drug-likeness (QED) is 0.734. The molecule has 1 rings (SSSR count). The molecule has 0 aliphatic rings. The van der Waals surface area contributed by atoms with E-state index in [2.05, 4.69) is 5.32 Å². The number of nitrogens with one attached hydrogen (secondary N) is 1. The van der Waals surface area contributed by atoms with Crippen molar-refractivity contribution in [1.82, 2.24) is 5.32 Å². The van der Waals surface area contributed by atoms with Crippen molar-refractivity contribution in [3.63, 3.8) is 0 Å². The highest BCUT2D eigenvalue weighted by atomic mass is 35.5.